The third-order valence-corrected chi connectivity index (χ3v) is 4.61. The fourth-order valence-electron chi connectivity index (χ4n) is 2.60. The van der Waals surface area contributed by atoms with E-state index in [1.54, 1.807) is 17.9 Å². The van der Waals surface area contributed by atoms with Crippen LogP contribution in [0.3, 0.4) is 0 Å². The molecule has 0 radical (unpaired) electrons. The highest BCUT2D eigenvalue weighted by molar-refractivity contribution is 9.10. The third kappa shape index (κ3) is 2.33. The van der Waals surface area contributed by atoms with Gasteiger partial charge in [0.25, 0.3) is 5.91 Å². The molecule has 0 spiro atoms. The van der Waals surface area contributed by atoms with Crippen molar-refractivity contribution in [1.29, 1.82) is 0 Å². The minimum Gasteiger partial charge on any atom is -0.481 e. The fourth-order valence-corrected chi connectivity index (χ4v) is 3.06. The van der Waals surface area contributed by atoms with Crippen molar-refractivity contribution >= 4 is 38.8 Å². The summed E-state index contributed by atoms with van der Waals surface area (Å²) in [4.78, 5) is 25.2. The van der Waals surface area contributed by atoms with E-state index in [1.165, 1.54) is 0 Å². The lowest BCUT2D eigenvalue weighted by Crippen LogP contribution is -2.34. The molecule has 1 atom stereocenters. The first-order valence-corrected chi connectivity index (χ1v) is 7.41. The summed E-state index contributed by atoms with van der Waals surface area (Å²) in [5.41, 5.74) is -0.247. The number of nitrogens with zero attached hydrogens (tertiary/aromatic N) is 1. The van der Waals surface area contributed by atoms with Crippen LogP contribution in [0.4, 0.5) is 0 Å². The molecule has 1 aromatic carbocycles. The highest BCUT2D eigenvalue weighted by Gasteiger charge is 2.42. The van der Waals surface area contributed by atoms with Gasteiger partial charge in [-0.25, -0.2) is 0 Å². The summed E-state index contributed by atoms with van der Waals surface area (Å²) in [7, 11) is 0. The first-order valence-electron chi connectivity index (χ1n) is 6.61. The molecule has 1 amide bonds. The Morgan fingerprint density at radius 2 is 2.19 bits per heavy atom. The van der Waals surface area contributed by atoms with Crippen LogP contribution in [0.15, 0.2) is 33.2 Å². The number of hydrogen-bond acceptors (Lipinski definition) is 3. The summed E-state index contributed by atoms with van der Waals surface area (Å²) in [6.07, 6.45) is 0.456. The van der Waals surface area contributed by atoms with Crippen molar-refractivity contribution in [3.8, 4) is 0 Å². The zero-order valence-electron chi connectivity index (χ0n) is 11.4. The van der Waals surface area contributed by atoms with E-state index in [0.717, 1.165) is 9.86 Å². The average Bonchev–Trinajstić information content (AvgIpc) is 3.03. The van der Waals surface area contributed by atoms with E-state index in [1.807, 2.05) is 18.2 Å². The van der Waals surface area contributed by atoms with Gasteiger partial charge < -0.3 is 14.4 Å². The van der Waals surface area contributed by atoms with Crippen LogP contribution in [-0.2, 0) is 4.79 Å². The van der Waals surface area contributed by atoms with E-state index in [0.29, 0.717) is 18.5 Å². The Labute approximate surface area is 129 Å². The molecular weight excluding hydrogens is 338 g/mol. The Kier molecular flexibility index (Phi) is 3.28. The highest BCUT2D eigenvalue weighted by Crippen LogP contribution is 2.32. The van der Waals surface area contributed by atoms with Crippen molar-refractivity contribution in [2.45, 2.75) is 13.3 Å². The molecule has 1 aliphatic heterocycles. The van der Waals surface area contributed by atoms with E-state index < -0.39 is 11.4 Å². The van der Waals surface area contributed by atoms with Crippen LogP contribution in [0.25, 0.3) is 11.0 Å². The number of carbonyl (C=O) groups is 2. The number of para-hydroxylation sites is 1. The second-order valence-electron chi connectivity index (χ2n) is 5.61. The maximum atomic E-state index is 12.5. The molecule has 21 heavy (non-hydrogen) atoms. The van der Waals surface area contributed by atoms with Crippen LogP contribution in [0, 0.1) is 5.41 Å². The molecular formula is C15H14BrNO4. The van der Waals surface area contributed by atoms with Gasteiger partial charge in [-0.05, 0) is 41.4 Å². The topological polar surface area (TPSA) is 70.8 Å². The zero-order chi connectivity index (χ0) is 15.2. The minimum absolute atomic E-state index is 0.208. The Morgan fingerprint density at radius 1 is 1.43 bits per heavy atom. The van der Waals surface area contributed by atoms with E-state index in [2.05, 4.69) is 15.9 Å². The Morgan fingerprint density at radius 3 is 2.81 bits per heavy atom. The number of rotatable bonds is 2. The van der Waals surface area contributed by atoms with Crippen LogP contribution in [0.1, 0.15) is 23.9 Å². The standard InChI is InChI=1S/C15H14BrNO4/c1-15(14(19)20)5-6-17(8-15)13(18)11-7-9-3-2-4-10(16)12(9)21-11/h2-4,7H,5-6,8H2,1H3,(H,19,20). The largest absolute Gasteiger partial charge is 0.481 e. The van der Waals surface area contributed by atoms with E-state index in [9.17, 15) is 14.7 Å². The second-order valence-corrected chi connectivity index (χ2v) is 6.47. The Balaban J connectivity index is 1.88. The maximum Gasteiger partial charge on any atom is 0.311 e. The van der Waals surface area contributed by atoms with Gasteiger partial charge in [-0.2, -0.15) is 0 Å². The number of likely N-dealkylation sites (tertiary alicyclic amines) is 1. The average molecular weight is 352 g/mol. The molecule has 110 valence electrons. The smallest absolute Gasteiger partial charge is 0.311 e. The van der Waals surface area contributed by atoms with Crippen molar-refractivity contribution in [3.05, 3.63) is 34.5 Å². The summed E-state index contributed by atoms with van der Waals surface area (Å²) in [6, 6.07) is 7.27. The van der Waals surface area contributed by atoms with Crippen LogP contribution >= 0.6 is 15.9 Å². The number of fused-ring (bicyclic) bond motifs is 1. The lowest BCUT2D eigenvalue weighted by atomic mass is 9.90. The third-order valence-electron chi connectivity index (χ3n) is 3.98. The van der Waals surface area contributed by atoms with E-state index in [-0.39, 0.29) is 18.2 Å². The molecule has 1 N–H and O–H groups in total. The number of hydrogen-bond donors (Lipinski definition) is 1. The van der Waals surface area contributed by atoms with Gasteiger partial charge in [-0.15, -0.1) is 0 Å². The van der Waals surface area contributed by atoms with Crippen molar-refractivity contribution in [2.75, 3.05) is 13.1 Å². The molecule has 1 unspecified atom stereocenters. The first-order chi connectivity index (χ1) is 9.90. The predicted octanol–water partition coefficient (Wildman–Crippen LogP) is 3.13. The zero-order valence-corrected chi connectivity index (χ0v) is 13.0. The van der Waals surface area contributed by atoms with Gasteiger partial charge in [-0.1, -0.05) is 12.1 Å². The van der Waals surface area contributed by atoms with Crippen LogP contribution in [0.2, 0.25) is 0 Å². The first kappa shape index (κ1) is 14.1. The molecule has 6 heteroatoms. The summed E-state index contributed by atoms with van der Waals surface area (Å²) < 4.78 is 6.40. The number of aliphatic carboxylic acids is 1. The summed E-state index contributed by atoms with van der Waals surface area (Å²) >= 11 is 3.38. The predicted molar refractivity (Wildman–Crippen MR) is 80.2 cm³/mol. The summed E-state index contributed by atoms with van der Waals surface area (Å²) in [5, 5.41) is 10.1. The lowest BCUT2D eigenvalue weighted by Gasteiger charge is -2.19. The minimum atomic E-state index is -0.873. The van der Waals surface area contributed by atoms with Crippen LogP contribution in [0.5, 0.6) is 0 Å². The van der Waals surface area contributed by atoms with Gasteiger partial charge in [0, 0.05) is 18.5 Å². The number of halogens is 1. The van der Waals surface area contributed by atoms with Crippen LogP contribution < -0.4 is 0 Å². The van der Waals surface area contributed by atoms with Gasteiger partial charge in [0.2, 0.25) is 0 Å². The normalized spacial score (nSPS) is 21.9. The number of carbonyl (C=O) groups excluding carboxylic acids is 1. The van der Waals surface area contributed by atoms with Gasteiger partial charge >= 0.3 is 5.97 Å². The van der Waals surface area contributed by atoms with Crippen molar-refractivity contribution in [3.63, 3.8) is 0 Å². The molecule has 0 aliphatic carbocycles. The second kappa shape index (κ2) is 4.87. The van der Waals surface area contributed by atoms with Gasteiger partial charge in [0.15, 0.2) is 5.76 Å². The highest BCUT2D eigenvalue weighted by atomic mass is 79.9. The molecule has 1 aromatic heterocycles. The van der Waals surface area contributed by atoms with Crippen LogP contribution in [-0.4, -0.2) is 35.0 Å². The monoisotopic (exact) mass is 351 g/mol. The molecule has 1 aliphatic rings. The molecule has 3 rings (SSSR count). The van der Waals surface area contributed by atoms with Crippen molar-refractivity contribution < 1.29 is 19.1 Å². The lowest BCUT2D eigenvalue weighted by molar-refractivity contribution is -0.147. The molecule has 0 saturated carbocycles. The number of carboxylic acids is 1. The number of amides is 1. The quantitative estimate of drug-likeness (QED) is 0.902. The maximum absolute atomic E-state index is 12.5. The Hall–Kier alpha value is -1.82. The molecule has 1 fully saturated rings. The SMILES string of the molecule is CC1(C(=O)O)CCN(C(=O)c2cc3cccc(Br)c3o2)C1. The summed E-state index contributed by atoms with van der Waals surface area (Å²) in [6.45, 7) is 2.30. The van der Waals surface area contributed by atoms with Gasteiger partial charge in [0.05, 0.1) is 9.89 Å². The summed E-state index contributed by atoms with van der Waals surface area (Å²) in [5.74, 6) is -0.889. The van der Waals surface area contributed by atoms with E-state index >= 15 is 0 Å². The molecule has 5 nitrogen and oxygen atoms in total. The van der Waals surface area contributed by atoms with Gasteiger partial charge in [-0.3, -0.25) is 9.59 Å². The number of furan rings is 1. The molecule has 1 saturated heterocycles. The van der Waals surface area contributed by atoms with E-state index in [4.69, 9.17) is 4.42 Å². The Bertz CT molecular complexity index is 738. The van der Waals surface area contributed by atoms with Crippen molar-refractivity contribution in [2.24, 2.45) is 5.41 Å². The molecule has 0 bridgehead atoms. The molecule has 2 heterocycles. The van der Waals surface area contributed by atoms with Crippen molar-refractivity contribution in [1.82, 2.24) is 4.90 Å². The number of benzene rings is 1. The fraction of sp³-hybridized carbons (Fsp3) is 0.333. The van der Waals surface area contributed by atoms with Gasteiger partial charge in [0.1, 0.15) is 5.58 Å². The molecule has 2 aromatic rings. The number of carboxylic acid groups (broad SMARTS) is 1.